The number of ether oxygens (including phenoxy) is 2. The van der Waals surface area contributed by atoms with Crippen LogP contribution in [0, 0.1) is 0 Å². The lowest BCUT2D eigenvalue weighted by atomic mass is 10.0. The third-order valence-electron chi connectivity index (χ3n) is 9.66. The minimum Gasteiger partial charge on any atom is -0.756 e. The Labute approximate surface area is 344 Å². The Kier molecular flexibility index (Phi) is 37.5. The van der Waals surface area contributed by atoms with Gasteiger partial charge in [0, 0.05) is 12.8 Å². The fourth-order valence-corrected chi connectivity index (χ4v) is 6.80. The molecule has 0 saturated carbocycles. The zero-order chi connectivity index (χ0) is 41.4. The predicted octanol–water partition coefficient (Wildman–Crippen LogP) is 12.3. The Balaban J connectivity index is 4.37. The van der Waals surface area contributed by atoms with Gasteiger partial charge in [-0.05, 0) is 51.4 Å². The van der Waals surface area contributed by atoms with E-state index >= 15 is 0 Å². The first kappa shape index (κ1) is 54.2. The largest absolute Gasteiger partial charge is 0.756 e. The van der Waals surface area contributed by atoms with Crippen molar-refractivity contribution in [2.24, 2.45) is 0 Å². The molecule has 2 atom stereocenters. The van der Waals surface area contributed by atoms with Crippen molar-refractivity contribution in [1.29, 1.82) is 0 Å². The lowest BCUT2D eigenvalue weighted by Crippen LogP contribution is -2.37. The van der Waals surface area contributed by atoms with Gasteiger partial charge in [0.05, 0.1) is 27.7 Å². The highest BCUT2D eigenvalue weighted by molar-refractivity contribution is 7.45. The van der Waals surface area contributed by atoms with Crippen LogP contribution in [-0.2, 0) is 32.7 Å². The van der Waals surface area contributed by atoms with Crippen LogP contribution >= 0.6 is 7.82 Å². The van der Waals surface area contributed by atoms with E-state index < -0.39 is 32.5 Å². The zero-order valence-electron chi connectivity index (χ0n) is 36.8. The molecule has 0 radical (unpaired) electrons. The molecule has 10 heteroatoms. The summed E-state index contributed by atoms with van der Waals surface area (Å²) < 4.78 is 33.9. The molecular formula is C46H86NO8P. The molecule has 0 amide bonds. The van der Waals surface area contributed by atoms with E-state index in [2.05, 4.69) is 50.3 Å². The number of hydrogen-bond acceptors (Lipinski definition) is 8. The fraction of sp³-hybridized carbons (Fsp3) is 0.826. The molecule has 9 nitrogen and oxygen atoms in total. The lowest BCUT2D eigenvalue weighted by Gasteiger charge is -2.28. The van der Waals surface area contributed by atoms with Crippen LogP contribution in [0.3, 0.4) is 0 Å². The third kappa shape index (κ3) is 41.9. The van der Waals surface area contributed by atoms with Gasteiger partial charge in [-0.1, -0.05) is 166 Å². The molecule has 0 aliphatic heterocycles. The normalized spacial score (nSPS) is 13.9. The van der Waals surface area contributed by atoms with Crippen LogP contribution in [0.15, 0.2) is 36.5 Å². The molecule has 56 heavy (non-hydrogen) atoms. The summed E-state index contributed by atoms with van der Waals surface area (Å²) in [5.41, 5.74) is 0. The van der Waals surface area contributed by atoms with Crippen molar-refractivity contribution in [2.75, 3.05) is 47.5 Å². The highest BCUT2D eigenvalue weighted by Crippen LogP contribution is 2.38. The number of likely N-dealkylation sites (N-methyl/N-ethyl adjacent to an activating group) is 1. The monoisotopic (exact) mass is 812 g/mol. The van der Waals surface area contributed by atoms with E-state index in [-0.39, 0.29) is 26.1 Å². The Morgan fingerprint density at radius 2 is 0.964 bits per heavy atom. The first-order valence-electron chi connectivity index (χ1n) is 22.7. The molecule has 1 unspecified atom stereocenters. The molecular weight excluding hydrogens is 725 g/mol. The quantitative estimate of drug-likeness (QED) is 0.0197. The molecule has 0 saturated heterocycles. The summed E-state index contributed by atoms with van der Waals surface area (Å²) in [6, 6.07) is 0. The van der Waals surface area contributed by atoms with Crippen LogP contribution in [0.5, 0.6) is 0 Å². The van der Waals surface area contributed by atoms with E-state index in [0.29, 0.717) is 23.9 Å². The fourth-order valence-electron chi connectivity index (χ4n) is 6.07. The van der Waals surface area contributed by atoms with Crippen LogP contribution < -0.4 is 4.89 Å². The second kappa shape index (κ2) is 38.7. The molecule has 0 fully saturated rings. The molecule has 0 N–H and O–H groups in total. The number of esters is 2. The molecule has 0 aromatic heterocycles. The molecule has 0 aromatic carbocycles. The van der Waals surface area contributed by atoms with E-state index in [4.69, 9.17) is 18.5 Å². The third-order valence-corrected chi connectivity index (χ3v) is 10.6. The van der Waals surface area contributed by atoms with Crippen molar-refractivity contribution in [3.05, 3.63) is 36.5 Å². The van der Waals surface area contributed by atoms with Crippen molar-refractivity contribution in [3.63, 3.8) is 0 Å². The van der Waals surface area contributed by atoms with Gasteiger partial charge >= 0.3 is 11.9 Å². The summed E-state index contributed by atoms with van der Waals surface area (Å²) >= 11 is 0. The van der Waals surface area contributed by atoms with Crippen LogP contribution in [0.1, 0.15) is 194 Å². The molecule has 0 spiro atoms. The van der Waals surface area contributed by atoms with Gasteiger partial charge in [0.2, 0.25) is 0 Å². The number of hydrogen-bond donors (Lipinski definition) is 0. The number of quaternary nitrogens is 1. The Bertz CT molecular complexity index is 1050. The predicted molar refractivity (Wildman–Crippen MR) is 231 cm³/mol. The van der Waals surface area contributed by atoms with Crippen LogP contribution in [0.2, 0.25) is 0 Å². The van der Waals surface area contributed by atoms with Crippen molar-refractivity contribution < 1.29 is 42.1 Å². The van der Waals surface area contributed by atoms with E-state index in [1.807, 2.05) is 21.1 Å². The average molecular weight is 812 g/mol. The lowest BCUT2D eigenvalue weighted by molar-refractivity contribution is -0.870. The first-order valence-corrected chi connectivity index (χ1v) is 24.2. The maximum absolute atomic E-state index is 12.7. The van der Waals surface area contributed by atoms with Gasteiger partial charge in [-0.2, -0.15) is 0 Å². The summed E-state index contributed by atoms with van der Waals surface area (Å²) in [4.78, 5) is 37.5. The molecule has 0 aromatic rings. The van der Waals surface area contributed by atoms with Crippen molar-refractivity contribution in [2.45, 2.75) is 200 Å². The van der Waals surface area contributed by atoms with Gasteiger partial charge in [0.15, 0.2) is 6.10 Å². The number of nitrogens with zero attached hydrogens (tertiary/aromatic N) is 1. The minimum absolute atomic E-state index is 0.0338. The highest BCUT2D eigenvalue weighted by Gasteiger charge is 2.21. The van der Waals surface area contributed by atoms with E-state index in [1.54, 1.807) is 0 Å². The van der Waals surface area contributed by atoms with E-state index in [9.17, 15) is 19.0 Å². The van der Waals surface area contributed by atoms with E-state index in [1.165, 1.54) is 96.3 Å². The maximum atomic E-state index is 12.7. The SMILES string of the molecule is CCCCC/C=C/C/C=C/C/C=C/CCCCCCC(=O)OC[C@H](COP(=O)([O-])OCC[N+](C)(C)C)OC(=O)CCCCCCCCCCCCCCCCC. The van der Waals surface area contributed by atoms with Gasteiger partial charge in [-0.3, -0.25) is 14.2 Å². The molecule has 0 aliphatic carbocycles. The Morgan fingerprint density at radius 1 is 0.554 bits per heavy atom. The number of allylic oxidation sites excluding steroid dienone is 6. The molecule has 0 heterocycles. The molecule has 328 valence electrons. The standard InChI is InChI=1S/C46H86NO8P/c1-6-8-10-12-14-16-18-20-22-23-25-26-28-30-32-34-36-38-45(48)52-42-44(43-54-56(50,51)53-41-40-47(3,4)5)55-46(49)39-37-35-33-31-29-27-24-21-19-17-15-13-11-9-7-2/h14,16,20,22,25-26,44H,6-13,15,17-19,21,23-24,27-43H2,1-5H3/b16-14+,22-20+,26-25+/t44-/m1/s1. The molecule has 0 aliphatic rings. The van der Waals surface area contributed by atoms with Crippen LogP contribution in [-0.4, -0.2) is 70.0 Å². The van der Waals surface area contributed by atoms with Gasteiger partial charge < -0.3 is 27.9 Å². The number of carbonyl (C=O) groups excluding carboxylic acids is 2. The number of phosphoric acid groups is 1. The zero-order valence-corrected chi connectivity index (χ0v) is 37.7. The molecule has 0 rings (SSSR count). The van der Waals surface area contributed by atoms with Crippen molar-refractivity contribution in [3.8, 4) is 0 Å². The van der Waals surface area contributed by atoms with Gasteiger partial charge in [-0.25, -0.2) is 0 Å². The Morgan fingerprint density at radius 3 is 1.46 bits per heavy atom. The van der Waals surface area contributed by atoms with Gasteiger partial charge in [0.1, 0.15) is 19.8 Å². The second-order valence-corrected chi connectivity index (χ2v) is 17.8. The maximum Gasteiger partial charge on any atom is 0.306 e. The summed E-state index contributed by atoms with van der Waals surface area (Å²) in [5.74, 6) is -0.855. The van der Waals surface area contributed by atoms with Crippen molar-refractivity contribution >= 4 is 19.8 Å². The van der Waals surface area contributed by atoms with Crippen LogP contribution in [0.4, 0.5) is 0 Å². The summed E-state index contributed by atoms with van der Waals surface area (Å²) in [5, 5.41) is 0. The summed E-state index contributed by atoms with van der Waals surface area (Å²) in [7, 11) is 1.15. The number of phosphoric ester groups is 1. The van der Waals surface area contributed by atoms with Crippen molar-refractivity contribution in [1.82, 2.24) is 0 Å². The minimum atomic E-state index is -4.63. The molecule has 0 bridgehead atoms. The van der Waals surface area contributed by atoms with Gasteiger partial charge in [0.25, 0.3) is 7.82 Å². The van der Waals surface area contributed by atoms with Crippen LogP contribution in [0.25, 0.3) is 0 Å². The number of unbranched alkanes of at least 4 members (excludes halogenated alkanes) is 21. The Hall–Kier alpha value is -1.77. The first-order chi connectivity index (χ1) is 27.0. The summed E-state index contributed by atoms with van der Waals surface area (Å²) in [6.45, 7) is 4.18. The highest BCUT2D eigenvalue weighted by atomic mass is 31.2. The number of carbonyl (C=O) groups is 2. The average Bonchev–Trinajstić information content (AvgIpc) is 3.15. The van der Waals surface area contributed by atoms with E-state index in [0.717, 1.165) is 57.8 Å². The summed E-state index contributed by atoms with van der Waals surface area (Å²) in [6.07, 6.45) is 43.0. The smallest absolute Gasteiger partial charge is 0.306 e. The second-order valence-electron chi connectivity index (χ2n) is 16.4. The number of rotatable bonds is 41. The van der Waals surface area contributed by atoms with Gasteiger partial charge in [-0.15, -0.1) is 0 Å². The topological polar surface area (TPSA) is 111 Å².